The van der Waals surface area contributed by atoms with E-state index >= 15 is 0 Å². The van der Waals surface area contributed by atoms with Gasteiger partial charge in [0.15, 0.2) is 0 Å². The summed E-state index contributed by atoms with van der Waals surface area (Å²) in [5.74, 6) is 0. The van der Waals surface area contributed by atoms with E-state index in [1.165, 1.54) is 29.9 Å². The fourth-order valence-corrected chi connectivity index (χ4v) is 2.53. The Morgan fingerprint density at radius 1 is 1.36 bits per heavy atom. The maximum Gasteiger partial charge on any atom is -0.0104 e. The highest BCUT2D eigenvalue weighted by atomic mass is 31.1. The topological polar surface area (TPSA) is 0 Å². The molecule has 0 amide bonds. The summed E-state index contributed by atoms with van der Waals surface area (Å²) in [4.78, 5) is 0. The second-order valence-corrected chi connectivity index (χ2v) is 5.51. The highest BCUT2D eigenvalue weighted by Gasteiger charge is 2.24. The third kappa shape index (κ3) is 2.17. The van der Waals surface area contributed by atoms with Gasteiger partial charge in [0.2, 0.25) is 0 Å². The van der Waals surface area contributed by atoms with Gasteiger partial charge in [-0.3, -0.25) is 0 Å². The Bertz CT molecular complexity index is 189. The molecule has 1 rings (SSSR count). The summed E-state index contributed by atoms with van der Waals surface area (Å²) in [6.45, 7) is 12.8. The highest BCUT2D eigenvalue weighted by Crippen LogP contribution is 2.49. The van der Waals surface area contributed by atoms with E-state index < -0.39 is 0 Å². The summed E-state index contributed by atoms with van der Waals surface area (Å²) < 4.78 is 0. The first-order valence-corrected chi connectivity index (χ1v) is 5.16. The second-order valence-electron chi connectivity index (χ2n) is 3.94. The van der Waals surface area contributed by atoms with Gasteiger partial charge in [-0.05, 0) is 30.0 Å². The number of allylic oxidation sites excluding steroid dienone is 2. The first-order valence-electron chi connectivity index (χ1n) is 4.16. The standard InChI is InChI=1S/C10H17P/c1-8-6-5-7-10(3,4)9(2)11-8/h11H,1-2,5-7H2,3-4H3. The van der Waals surface area contributed by atoms with Crippen molar-refractivity contribution in [3.63, 3.8) is 0 Å². The van der Waals surface area contributed by atoms with E-state index in [1.807, 2.05) is 0 Å². The van der Waals surface area contributed by atoms with Crippen molar-refractivity contribution in [1.82, 2.24) is 0 Å². The smallest absolute Gasteiger partial charge is 0.0104 e. The monoisotopic (exact) mass is 168 g/mol. The Morgan fingerprint density at radius 2 is 2.00 bits per heavy atom. The summed E-state index contributed by atoms with van der Waals surface area (Å²) in [5.41, 5.74) is 0.359. The zero-order valence-electron chi connectivity index (χ0n) is 7.54. The molecule has 0 N–H and O–H groups in total. The Balaban J connectivity index is 2.73. The molecule has 1 atom stereocenters. The molecule has 0 nitrogen and oxygen atoms in total. The molecule has 62 valence electrons. The molecule has 11 heavy (non-hydrogen) atoms. The molecule has 1 unspecified atom stereocenters. The van der Waals surface area contributed by atoms with Crippen molar-refractivity contribution in [3.05, 3.63) is 23.8 Å². The average molecular weight is 168 g/mol. The number of rotatable bonds is 0. The molecule has 1 aliphatic heterocycles. The molecular formula is C10H17P. The maximum atomic E-state index is 4.13. The molecular weight excluding hydrogens is 151 g/mol. The molecule has 1 aliphatic rings. The molecule has 1 heteroatoms. The van der Waals surface area contributed by atoms with E-state index in [0.29, 0.717) is 5.41 Å². The Labute approximate surface area is 71.6 Å². The van der Waals surface area contributed by atoms with Crippen LogP contribution in [0.4, 0.5) is 0 Å². The normalized spacial score (nSPS) is 27.1. The van der Waals surface area contributed by atoms with Crippen molar-refractivity contribution in [2.75, 3.05) is 0 Å². The van der Waals surface area contributed by atoms with Crippen LogP contribution in [-0.2, 0) is 0 Å². The van der Waals surface area contributed by atoms with Crippen molar-refractivity contribution in [3.8, 4) is 0 Å². The Hall–Kier alpha value is -0.0900. The Morgan fingerprint density at radius 3 is 2.64 bits per heavy atom. The SMILES string of the molecule is C=C1CCCC(C)(C)C(=C)P1. The lowest BCUT2D eigenvalue weighted by Gasteiger charge is -2.24. The third-order valence-corrected chi connectivity index (χ3v) is 4.01. The molecule has 0 spiro atoms. The molecule has 1 heterocycles. The Kier molecular flexibility index (Phi) is 2.54. The van der Waals surface area contributed by atoms with Crippen molar-refractivity contribution in [2.24, 2.45) is 5.41 Å². The van der Waals surface area contributed by atoms with Gasteiger partial charge >= 0.3 is 0 Å². The fraction of sp³-hybridized carbons (Fsp3) is 0.600. The lowest BCUT2D eigenvalue weighted by molar-refractivity contribution is 0.420. The summed E-state index contributed by atoms with van der Waals surface area (Å²) in [5, 5.41) is 2.78. The maximum absolute atomic E-state index is 4.13. The average Bonchev–Trinajstić information content (AvgIpc) is 1.94. The predicted molar refractivity (Wildman–Crippen MR) is 54.2 cm³/mol. The minimum Gasteiger partial charge on any atom is -0.0953 e. The van der Waals surface area contributed by atoms with Crippen LogP contribution in [0.2, 0.25) is 0 Å². The van der Waals surface area contributed by atoms with Gasteiger partial charge in [-0.15, -0.1) is 0 Å². The van der Waals surface area contributed by atoms with Crippen LogP contribution in [-0.4, -0.2) is 0 Å². The van der Waals surface area contributed by atoms with Crippen LogP contribution in [0.15, 0.2) is 23.8 Å². The fourth-order valence-electron chi connectivity index (χ4n) is 1.34. The molecule has 0 radical (unpaired) electrons. The van der Waals surface area contributed by atoms with Crippen LogP contribution in [0.3, 0.4) is 0 Å². The molecule has 0 aliphatic carbocycles. The van der Waals surface area contributed by atoms with Gasteiger partial charge in [-0.25, -0.2) is 0 Å². The van der Waals surface area contributed by atoms with Crippen LogP contribution < -0.4 is 0 Å². The number of hydrogen-bond acceptors (Lipinski definition) is 0. The van der Waals surface area contributed by atoms with E-state index in [1.54, 1.807) is 0 Å². The van der Waals surface area contributed by atoms with Crippen molar-refractivity contribution in [1.29, 1.82) is 0 Å². The zero-order chi connectivity index (χ0) is 8.48. The van der Waals surface area contributed by atoms with Gasteiger partial charge in [0.1, 0.15) is 0 Å². The van der Waals surface area contributed by atoms with Gasteiger partial charge in [0.05, 0.1) is 0 Å². The van der Waals surface area contributed by atoms with E-state index in [-0.39, 0.29) is 0 Å². The quantitative estimate of drug-likeness (QED) is 0.481. The largest absolute Gasteiger partial charge is 0.0953 e. The van der Waals surface area contributed by atoms with Gasteiger partial charge in [0.25, 0.3) is 0 Å². The van der Waals surface area contributed by atoms with Gasteiger partial charge in [-0.1, -0.05) is 40.9 Å². The van der Waals surface area contributed by atoms with Crippen LogP contribution in [0, 0.1) is 5.41 Å². The zero-order valence-corrected chi connectivity index (χ0v) is 8.54. The molecule has 0 aromatic heterocycles. The minimum atomic E-state index is 0.359. The summed E-state index contributed by atoms with van der Waals surface area (Å²) >= 11 is 0. The van der Waals surface area contributed by atoms with E-state index in [9.17, 15) is 0 Å². The summed E-state index contributed by atoms with van der Waals surface area (Å²) in [6.07, 6.45) is 3.77. The van der Waals surface area contributed by atoms with Crippen molar-refractivity contribution < 1.29 is 0 Å². The molecule has 0 aromatic carbocycles. The van der Waals surface area contributed by atoms with Crippen LogP contribution in [0.25, 0.3) is 0 Å². The van der Waals surface area contributed by atoms with Gasteiger partial charge in [-0.2, -0.15) is 0 Å². The van der Waals surface area contributed by atoms with E-state index in [0.717, 1.165) is 8.58 Å². The highest BCUT2D eigenvalue weighted by molar-refractivity contribution is 7.47. The number of hydrogen-bond donors (Lipinski definition) is 0. The van der Waals surface area contributed by atoms with Crippen LogP contribution in [0.1, 0.15) is 33.1 Å². The minimum absolute atomic E-state index is 0.359. The molecule has 0 aromatic rings. The molecule has 0 saturated carbocycles. The van der Waals surface area contributed by atoms with Crippen molar-refractivity contribution in [2.45, 2.75) is 33.1 Å². The molecule has 0 bridgehead atoms. The lowest BCUT2D eigenvalue weighted by Crippen LogP contribution is -2.09. The van der Waals surface area contributed by atoms with Crippen molar-refractivity contribution >= 4 is 8.58 Å². The second kappa shape index (κ2) is 3.11. The third-order valence-electron chi connectivity index (χ3n) is 2.42. The molecule has 1 saturated heterocycles. The van der Waals surface area contributed by atoms with Crippen LogP contribution in [0.5, 0.6) is 0 Å². The first kappa shape index (κ1) is 9.00. The summed E-state index contributed by atoms with van der Waals surface area (Å²) in [6, 6.07) is 0. The van der Waals surface area contributed by atoms with E-state index in [2.05, 4.69) is 27.0 Å². The lowest BCUT2D eigenvalue weighted by atomic mass is 9.87. The van der Waals surface area contributed by atoms with Gasteiger partial charge in [0, 0.05) is 0 Å². The van der Waals surface area contributed by atoms with Crippen LogP contribution >= 0.6 is 8.58 Å². The van der Waals surface area contributed by atoms with E-state index in [4.69, 9.17) is 0 Å². The molecule has 1 fully saturated rings. The summed E-state index contributed by atoms with van der Waals surface area (Å²) in [7, 11) is 0.805. The van der Waals surface area contributed by atoms with Gasteiger partial charge < -0.3 is 0 Å². The predicted octanol–water partition coefficient (Wildman–Crippen LogP) is 3.90. The first-order chi connectivity index (χ1) is 5.02.